The maximum atomic E-state index is 13.6. The minimum absolute atomic E-state index is 0.246. The van der Waals surface area contributed by atoms with Gasteiger partial charge in [0.15, 0.2) is 0 Å². The minimum atomic E-state index is -4.74. The summed E-state index contributed by atoms with van der Waals surface area (Å²) in [6.45, 7) is 0. The van der Waals surface area contributed by atoms with Gasteiger partial charge in [0.1, 0.15) is 5.82 Å². The number of rotatable bonds is 3. The number of alkyl halides is 3. The molecule has 0 aliphatic carbocycles. The molecule has 0 aliphatic heterocycles. The number of nitrogens with two attached hydrogens (primary N) is 1. The maximum absolute atomic E-state index is 13.6. The van der Waals surface area contributed by atoms with Crippen LogP contribution in [0.15, 0.2) is 42.5 Å². The molecule has 2 aromatic rings. The Kier molecular flexibility index (Phi) is 4.51. The number of hydrazine groups is 1. The zero-order chi connectivity index (χ0) is 15.6. The van der Waals surface area contributed by atoms with E-state index in [1.807, 2.05) is 0 Å². The number of benzene rings is 2. The molecule has 0 saturated heterocycles. The van der Waals surface area contributed by atoms with E-state index < -0.39 is 23.6 Å². The van der Waals surface area contributed by atoms with Gasteiger partial charge in [-0.3, -0.25) is 5.84 Å². The molecule has 0 spiro atoms. The van der Waals surface area contributed by atoms with Gasteiger partial charge in [0.2, 0.25) is 0 Å². The second kappa shape index (κ2) is 6.01. The highest BCUT2D eigenvalue weighted by Crippen LogP contribution is 2.34. The van der Waals surface area contributed by atoms with Crippen LogP contribution in [0, 0.1) is 5.82 Å². The molecule has 0 amide bonds. The molecule has 2 nitrogen and oxygen atoms in total. The van der Waals surface area contributed by atoms with Crippen LogP contribution in [0.2, 0.25) is 5.02 Å². The Morgan fingerprint density at radius 3 is 2.29 bits per heavy atom. The van der Waals surface area contributed by atoms with Crippen molar-refractivity contribution in [1.29, 1.82) is 0 Å². The Bertz CT molecular complexity index is 643. The highest BCUT2D eigenvalue weighted by molar-refractivity contribution is 6.31. The lowest BCUT2D eigenvalue weighted by Gasteiger charge is -2.19. The predicted octanol–water partition coefficient (Wildman–Crippen LogP) is 4.05. The Balaban J connectivity index is 2.45. The SMILES string of the molecule is NNC(c1ccc(C(F)(F)F)c(F)c1)c1ccccc1Cl. The van der Waals surface area contributed by atoms with Gasteiger partial charge in [0, 0.05) is 5.02 Å². The van der Waals surface area contributed by atoms with Crippen LogP contribution in [0.5, 0.6) is 0 Å². The third-order valence-electron chi connectivity index (χ3n) is 3.01. The molecule has 0 saturated carbocycles. The smallest absolute Gasteiger partial charge is 0.271 e. The fourth-order valence-corrected chi connectivity index (χ4v) is 2.26. The van der Waals surface area contributed by atoms with Crippen LogP contribution >= 0.6 is 11.6 Å². The van der Waals surface area contributed by atoms with E-state index in [0.717, 1.165) is 6.07 Å². The number of hydrogen-bond acceptors (Lipinski definition) is 2. The van der Waals surface area contributed by atoms with Crippen LogP contribution in [0.1, 0.15) is 22.7 Å². The Labute approximate surface area is 123 Å². The Morgan fingerprint density at radius 1 is 1.10 bits per heavy atom. The van der Waals surface area contributed by atoms with E-state index in [2.05, 4.69) is 5.43 Å². The lowest BCUT2D eigenvalue weighted by molar-refractivity contribution is -0.140. The number of hydrogen-bond donors (Lipinski definition) is 2. The first kappa shape index (κ1) is 15.8. The van der Waals surface area contributed by atoms with Crippen molar-refractivity contribution in [3.8, 4) is 0 Å². The van der Waals surface area contributed by atoms with Crippen molar-refractivity contribution < 1.29 is 17.6 Å². The predicted molar refractivity (Wildman–Crippen MR) is 72.0 cm³/mol. The van der Waals surface area contributed by atoms with Crippen LogP contribution in [-0.2, 0) is 6.18 Å². The van der Waals surface area contributed by atoms with Gasteiger partial charge in [0.05, 0.1) is 11.6 Å². The highest BCUT2D eigenvalue weighted by Gasteiger charge is 2.34. The van der Waals surface area contributed by atoms with Crippen molar-refractivity contribution in [2.45, 2.75) is 12.2 Å². The molecule has 2 aromatic carbocycles. The average molecular weight is 319 g/mol. The molecule has 3 N–H and O–H groups in total. The van der Waals surface area contributed by atoms with Crippen LogP contribution in [0.4, 0.5) is 17.6 Å². The molecule has 7 heteroatoms. The minimum Gasteiger partial charge on any atom is -0.271 e. The first-order chi connectivity index (χ1) is 9.84. The fourth-order valence-electron chi connectivity index (χ4n) is 2.02. The van der Waals surface area contributed by atoms with Crippen LogP contribution in [0.3, 0.4) is 0 Å². The Morgan fingerprint density at radius 2 is 1.76 bits per heavy atom. The summed E-state index contributed by atoms with van der Waals surface area (Å²) in [5.41, 5.74) is 1.90. The third kappa shape index (κ3) is 3.34. The summed E-state index contributed by atoms with van der Waals surface area (Å²) >= 11 is 6.02. The summed E-state index contributed by atoms with van der Waals surface area (Å²) < 4.78 is 51.3. The molecule has 1 unspecified atom stereocenters. The van der Waals surface area contributed by atoms with Crippen molar-refractivity contribution in [2.24, 2.45) is 5.84 Å². The molecule has 1 atom stereocenters. The second-order valence-electron chi connectivity index (χ2n) is 4.36. The third-order valence-corrected chi connectivity index (χ3v) is 3.36. The van der Waals surface area contributed by atoms with Crippen LogP contribution in [-0.4, -0.2) is 0 Å². The van der Waals surface area contributed by atoms with E-state index in [0.29, 0.717) is 16.7 Å². The van der Waals surface area contributed by atoms with Gasteiger partial charge in [-0.1, -0.05) is 35.9 Å². The molecule has 0 fully saturated rings. The molecule has 0 aromatic heterocycles. The maximum Gasteiger partial charge on any atom is 0.419 e. The van der Waals surface area contributed by atoms with Crippen LogP contribution < -0.4 is 11.3 Å². The van der Waals surface area contributed by atoms with Gasteiger partial charge in [-0.15, -0.1) is 0 Å². The van der Waals surface area contributed by atoms with Crippen molar-refractivity contribution in [3.05, 3.63) is 70.0 Å². The van der Waals surface area contributed by atoms with Crippen molar-refractivity contribution in [2.75, 3.05) is 0 Å². The van der Waals surface area contributed by atoms with Gasteiger partial charge in [-0.2, -0.15) is 13.2 Å². The topological polar surface area (TPSA) is 38.0 Å². The summed E-state index contributed by atoms with van der Waals surface area (Å²) in [4.78, 5) is 0. The van der Waals surface area contributed by atoms with Crippen molar-refractivity contribution in [1.82, 2.24) is 5.43 Å². The molecule has 112 valence electrons. The molecular formula is C14H11ClF4N2. The van der Waals surface area contributed by atoms with Gasteiger partial charge >= 0.3 is 6.18 Å². The van der Waals surface area contributed by atoms with E-state index in [9.17, 15) is 17.6 Å². The van der Waals surface area contributed by atoms with Gasteiger partial charge in [-0.25, -0.2) is 9.82 Å². The zero-order valence-electron chi connectivity index (χ0n) is 10.6. The number of nitrogens with one attached hydrogen (secondary N) is 1. The lowest BCUT2D eigenvalue weighted by atomic mass is 9.98. The standard InChI is InChI=1S/C14H11ClF4N2/c15-11-4-2-1-3-9(11)13(21-20)8-5-6-10(12(16)7-8)14(17,18)19/h1-7,13,21H,20H2. The summed E-state index contributed by atoms with van der Waals surface area (Å²) in [6.07, 6.45) is -4.74. The van der Waals surface area contributed by atoms with Gasteiger partial charge < -0.3 is 0 Å². The summed E-state index contributed by atoms with van der Waals surface area (Å²) in [6, 6.07) is 8.61. The zero-order valence-corrected chi connectivity index (χ0v) is 11.3. The molecule has 0 radical (unpaired) electrons. The van der Waals surface area contributed by atoms with E-state index in [4.69, 9.17) is 17.4 Å². The summed E-state index contributed by atoms with van der Waals surface area (Å²) in [7, 11) is 0. The second-order valence-corrected chi connectivity index (χ2v) is 4.77. The van der Waals surface area contributed by atoms with E-state index in [-0.39, 0.29) is 5.56 Å². The quantitative estimate of drug-likeness (QED) is 0.509. The van der Waals surface area contributed by atoms with E-state index in [1.165, 1.54) is 6.07 Å². The first-order valence-electron chi connectivity index (χ1n) is 5.91. The average Bonchev–Trinajstić information content (AvgIpc) is 2.40. The summed E-state index contributed by atoms with van der Waals surface area (Å²) in [5.74, 6) is 4.07. The fraction of sp³-hybridized carbons (Fsp3) is 0.143. The number of halogens is 5. The van der Waals surface area contributed by atoms with E-state index in [1.54, 1.807) is 24.3 Å². The highest BCUT2D eigenvalue weighted by atomic mass is 35.5. The van der Waals surface area contributed by atoms with Gasteiger partial charge in [0.25, 0.3) is 0 Å². The monoisotopic (exact) mass is 318 g/mol. The lowest BCUT2D eigenvalue weighted by Crippen LogP contribution is -2.29. The molecule has 2 rings (SSSR count). The van der Waals surface area contributed by atoms with E-state index >= 15 is 0 Å². The largest absolute Gasteiger partial charge is 0.419 e. The summed E-state index contributed by atoms with van der Waals surface area (Å²) in [5, 5.41) is 0.376. The van der Waals surface area contributed by atoms with Crippen molar-refractivity contribution >= 4 is 11.6 Å². The molecular weight excluding hydrogens is 308 g/mol. The van der Waals surface area contributed by atoms with Crippen molar-refractivity contribution in [3.63, 3.8) is 0 Å². The molecule has 0 aliphatic rings. The Hall–Kier alpha value is -1.63. The molecule has 21 heavy (non-hydrogen) atoms. The normalized spacial score (nSPS) is 13.2. The van der Waals surface area contributed by atoms with Gasteiger partial charge in [-0.05, 0) is 29.3 Å². The van der Waals surface area contributed by atoms with Crippen LogP contribution in [0.25, 0.3) is 0 Å². The first-order valence-corrected chi connectivity index (χ1v) is 6.29. The molecule has 0 bridgehead atoms. The molecule has 0 heterocycles.